The number of ether oxygens (including phenoxy) is 2. The standard InChI is InChI=1S/C20H32N2O5S/c1-15(2)16-8-9-18(27-4)19(13-16)28(24,25)22-11-5-7-17(14-22)20(23)21-10-6-12-26-3/h8-9,13,15,17H,5-7,10-12,14H2,1-4H3,(H,21,23)/t17-/m0/s1. The molecule has 0 spiro atoms. The van der Waals surface area contributed by atoms with E-state index in [1.165, 1.54) is 11.4 Å². The fraction of sp³-hybridized carbons (Fsp3) is 0.650. The lowest BCUT2D eigenvalue weighted by Crippen LogP contribution is -2.45. The van der Waals surface area contributed by atoms with Gasteiger partial charge in [0.15, 0.2) is 0 Å². The number of benzene rings is 1. The minimum Gasteiger partial charge on any atom is -0.495 e. The van der Waals surface area contributed by atoms with Gasteiger partial charge in [-0.15, -0.1) is 0 Å². The van der Waals surface area contributed by atoms with Gasteiger partial charge in [0.25, 0.3) is 0 Å². The average molecular weight is 413 g/mol. The second kappa shape index (κ2) is 10.2. The Morgan fingerprint density at radius 2 is 2.07 bits per heavy atom. The molecule has 1 fully saturated rings. The van der Waals surface area contributed by atoms with Crippen molar-refractivity contribution in [3.63, 3.8) is 0 Å². The van der Waals surface area contributed by atoms with Crippen LogP contribution in [0.2, 0.25) is 0 Å². The van der Waals surface area contributed by atoms with Crippen LogP contribution in [-0.2, 0) is 19.6 Å². The molecule has 1 aromatic rings. The second-order valence-corrected chi connectivity index (χ2v) is 9.31. The molecule has 1 aliphatic heterocycles. The summed E-state index contributed by atoms with van der Waals surface area (Å²) in [5, 5.41) is 2.88. The molecule has 1 amide bonds. The zero-order chi connectivity index (χ0) is 20.7. The third-order valence-corrected chi connectivity index (χ3v) is 6.94. The summed E-state index contributed by atoms with van der Waals surface area (Å²) in [6.07, 6.45) is 2.07. The van der Waals surface area contributed by atoms with Gasteiger partial charge in [0.05, 0.1) is 13.0 Å². The first-order valence-corrected chi connectivity index (χ1v) is 11.2. The van der Waals surface area contributed by atoms with Crippen molar-refractivity contribution in [2.24, 2.45) is 5.92 Å². The Hall–Kier alpha value is -1.64. The van der Waals surface area contributed by atoms with Gasteiger partial charge >= 0.3 is 0 Å². The van der Waals surface area contributed by atoms with E-state index in [1.54, 1.807) is 19.2 Å². The van der Waals surface area contributed by atoms with Crippen LogP contribution in [-0.4, -0.2) is 59.1 Å². The summed E-state index contributed by atoms with van der Waals surface area (Å²) >= 11 is 0. The van der Waals surface area contributed by atoms with Crippen LogP contribution in [0.15, 0.2) is 23.1 Å². The van der Waals surface area contributed by atoms with Gasteiger partial charge in [0.2, 0.25) is 15.9 Å². The molecule has 0 aliphatic carbocycles. The molecular weight excluding hydrogens is 380 g/mol. The molecular formula is C20H32N2O5S. The van der Waals surface area contributed by atoms with Gasteiger partial charge in [-0.3, -0.25) is 4.79 Å². The summed E-state index contributed by atoms with van der Waals surface area (Å²) in [6.45, 7) is 5.74. The fourth-order valence-electron chi connectivity index (χ4n) is 3.34. The molecule has 28 heavy (non-hydrogen) atoms. The summed E-state index contributed by atoms with van der Waals surface area (Å²) in [5.41, 5.74) is 0.934. The van der Waals surface area contributed by atoms with Crippen LogP contribution < -0.4 is 10.1 Å². The molecule has 7 nitrogen and oxygen atoms in total. The summed E-state index contributed by atoms with van der Waals surface area (Å²) in [7, 11) is -0.661. The van der Waals surface area contributed by atoms with Gasteiger partial charge in [-0.25, -0.2) is 8.42 Å². The number of nitrogens with one attached hydrogen (secondary N) is 1. The van der Waals surface area contributed by atoms with E-state index < -0.39 is 10.0 Å². The monoisotopic (exact) mass is 412 g/mol. The Balaban J connectivity index is 2.17. The van der Waals surface area contributed by atoms with Gasteiger partial charge in [-0.2, -0.15) is 4.31 Å². The van der Waals surface area contributed by atoms with Gasteiger partial charge in [0.1, 0.15) is 10.6 Å². The lowest BCUT2D eigenvalue weighted by molar-refractivity contribution is -0.126. The number of hydrogen-bond acceptors (Lipinski definition) is 5. The normalized spacial score (nSPS) is 18.2. The highest BCUT2D eigenvalue weighted by atomic mass is 32.2. The van der Waals surface area contributed by atoms with Crippen LogP contribution in [0.1, 0.15) is 44.6 Å². The van der Waals surface area contributed by atoms with Crippen molar-refractivity contribution in [2.75, 3.05) is 40.5 Å². The third-order valence-electron chi connectivity index (χ3n) is 5.05. The Kier molecular flexibility index (Phi) is 8.27. The molecule has 8 heteroatoms. The predicted molar refractivity (Wildman–Crippen MR) is 108 cm³/mol. The number of hydrogen-bond donors (Lipinski definition) is 1. The molecule has 1 atom stereocenters. The SMILES string of the molecule is COCCCNC(=O)[C@H]1CCCN(S(=O)(=O)c2cc(C(C)C)ccc2OC)C1. The van der Waals surface area contributed by atoms with Crippen molar-refractivity contribution in [1.82, 2.24) is 9.62 Å². The maximum atomic E-state index is 13.3. The highest BCUT2D eigenvalue weighted by molar-refractivity contribution is 7.89. The van der Waals surface area contributed by atoms with Crippen molar-refractivity contribution >= 4 is 15.9 Å². The third kappa shape index (κ3) is 5.46. The number of methoxy groups -OCH3 is 2. The van der Waals surface area contributed by atoms with Crippen LogP contribution in [0.4, 0.5) is 0 Å². The first-order chi connectivity index (χ1) is 13.3. The Labute approximate surface area is 168 Å². The topological polar surface area (TPSA) is 84.9 Å². The molecule has 2 rings (SSSR count). The molecule has 158 valence electrons. The largest absolute Gasteiger partial charge is 0.495 e. The van der Waals surface area contributed by atoms with E-state index in [0.717, 1.165) is 12.0 Å². The number of piperidine rings is 1. The van der Waals surface area contributed by atoms with Crippen molar-refractivity contribution in [3.05, 3.63) is 23.8 Å². The summed E-state index contributed by atoms with van der Waals surface area (Å²) in [5.74, 6) is 0.0895. The number of carbonyl (C=O) groups excluding carboxylic acids is 1. The Bertz CT molecular complexity index is 764. The minimum atomic E-state index is -3.75. The highest BCUT2D eigenvalue weighted by Crippen LogP contribution is 2.32. The summed E-state index contributed by atoms with van der Waals surface area (Å²) in [4.78, 5) is 12.6. The number of carbonyl (C=O) groups is 1. The van der Waals surface area contributed by atoms with Crippen LogP contribution in [0.3, 0.4) is 0 Å². The molecule has 0 radical (unpaired) electrons. The van der Waals surface area contributed by atoms with Gasteiger partial charge in [-0.1, -0.05) is 19.9 Å². The average Bonchev–Trinajstić information content (AvgIpc) is 2.70. The zero-order valence-electron chi connectivity index (χ0n) is 17.2. The molecule has 0 aromatic heterocycles. The lowest BCUT2D eigenvalue weighted by Gasteiger charge is -2.31. The first kappa shape index (κ1) is 22.6. The predicted octanol–water partition coefficient (Wildman–Crippen LogP) is 2.37. The van der Waals surface area contributed by atoms with Gasteiger partial charge in [-0.05, 0) is 42.9 Å². The van der Waals surface area contributed by atoms with Crippen LogP contribution in [0.25, 0.3) is 0 Å². The number of nitrogens with zero attached hydrogens (tertiary/aromatic N) is 1. The van der Waals surface area contributed by atoms with E-state index in [1.807, 2.05) is 19.9 Å². The molecule has 0 saturated carbocycles. The Morgan fingerprint density at radius 1 is 1.32 bits per heavy atom. The smallest absolute Gasteiger partial charge is 0.246 e. The fourth-order valence-corrected chi connectivity index (χ4v) is 5.05. The van der Waals surface area contributed by atoms with E-state index >= 15 is 0 Å². The molecule has 1 saturated heterocycles. The molecule has 1 aliphatic rings. The molecule has 1 N–H and O–H groups in total. The van der Waals surface area contributed by atoms with E-state index in [4.69, 9.17) is 9.47 Å². The number of amides is 1. The maximum Gasteiger partial charge on any atom is 0.246 e. The van der Waals surface area contributed by atoms with Crippen molar-refractivity contribution in [3.8, 4) is 5.75 Å². The molecule has 0 bridgehead atoms. The van der Waals surface area contributed by atoms with Crippen molar-refractivity contribution in [1.29, 1.82) is 0 Å². The maximum absolute atomic E-state index is 13.3. The zero-order valence-corrected chi connectivity index (χ0v) is 18.0. The van der Waals surface area contributed by atoms with E-state index in [-0.39, 0.29) is 29.2 Å². The number of rotatable bonds is 9. The quantitative estimate of drug-likeness (QED) is 0.630. The second-order valence-electron chi connectivity index (χ2n) is 7.40. The van der Waals surface area contributed by atoms with Crippen LogP contribution >= 0.6 is 0 Å². The minimum absolute atomic E-state index is 0.0982. The summed E-state index contributed by atoms with van der Waals surface area (Å²) < 4.78 is 38.3. The van der Waals surface area contributed by atoms with E-state index in [2.05, 4.69) is 5.32 Å². The van der Waals surface area contributed by atoms with E-state index in [0.29, 0.717) is 38.3 Å². The van der Waals surface area contributed by atoms with Gasteiger partial charge in [0, 0.05) is 33.4 Å². The molecule has 1 aromatic carbocycles. The summed E-state index contributed by atoms with van der Waals surface area (Å²) in [6, 6.07) is 5.27. The lowest BCUT2D eigenvalue weighted by atomic mass is 9.99. The molecule has 0 unspecified atom stereocenters. The van der Waals surface area contributed by atoms with Crippen molar-refractivity contribution < 1.29 is 22.7 Å². The van der Waals surface area contributed by atoms with Crippen LogP contribution in [0, 0.1) is 5.92 Å². The number of sulfonamides is 1. The van der Waals surface area contributed by atoms with Gasteiger partial charge < -0.3 is 14.8 Å². The van der Waals surface area contributed by atoms with Crippen molar-refractivity contribution in [2.45, 2.75) is 43.9 Å². The molecule has 1 heterocycles. The Morgan fingerprint density at radius 3 is 2.71 bits per heavy atom. The highest BCUT2D eigenvalue weighted by Gasteiger charge is 2.35. The van der Waals surface area contributed by atoms with Crippen LogP contribution in [0.5, 0.6) is 5.75 Å². The van der Waals surface area contributed by atoms with E-state index in [9.17, 15) is 13.2 Å². The first-order valence-electron chi connectivity index (χ1n) is 9.76.